The van der Waals surface area contributed by atoms with Gasteiger partial charge in [0.2, 0.25) is 0 Å². The maximum Gasteiger partial charge on any atom is 0.573 e. The Kier molecular flexibility index (Phi) is 7.77. The summed E-state index contributed by atoms with van der Waals surface area (Å²) in [7, 11) is 0. The van der Waals surface area contributed by atoms with Crippen molar-refractivity contribution in [2.45, 2.75) is 51.7 Å². The zero-order valence-electron chi connectivity index (χ0n) is 18.7. The summed E-state index contributed by atoms with van der Waals surface area (Å²) in [5.74, 6) is 1.11. The van der Waals surface area contributed by atoms with Crippen LogP contribution in [0.5, 0.6) is 17.2 Å². The van der Waals surface area contributed by atoms with Crippen LogP contribution in [0.3, 0.4) is 0 Å². The molecule has 0 radical (unpaired) electrons. The smallest absolute Gasteiger partial charge is 0.491 e. The molecule has 2 heterocycles. The van der Waals surface area contributed by atoms with Gasteiger partial charge in [-0.05, 0) is 55.5 Å². The van der Waals surface area contributed by atoms with Gasteiger partial charge in [0, 0.05) is 31.6 Å². The fourth-order valence-corrected chi connectivity index (χ4v) is 3.34. The van der Waals surface area contributed by atoms with E-state index >= 15 is 0 Å². The van der Waals surface area contributed by atoms with E-state index in [9.17, 15) is 13.2 Å². The van der Waals surface area contributed by atoms with E-state index in [1.807, 2.05) is 45.0 Å². The van der Waals surface area contributed by atoms with Crippen molar-refractivity contribution in [1.29, 1.82) is 0 Å². The molecule has 4 rings (SSSR count). The number of epoxide rings is 1. The van der Waals surface area contributed by atoms with Gasteiger partial charge in [-0.25, -0.2) is 0 Å². The number of hydrogen-bond donors (Lipinski definition) is 0. The molecular formula is C24H30F3NO4. The van der Waals surface area contributed by atoms with Crippen LogP contribution in [0.2, 0.25) is 0 Å². The number of hydrogen-bond acceptors (Lipinski definition) is 5. The van der Waals surface area contributed by atoms with E-state index in [1.165, 1.54) is 24.3 Å². The van der Waals surface area contributed by atoms with Gasteiger partial charge in [0.15, 0.2) is 0 Å². The monoisotopic (exact) mass is 453 g/mol. The molecular weight excluding hydrogens is 423 g/mol. The summed E-state index contributed by atoms with van der Waals surface area (Å²) in [6, 6.07) is 13.5. The maximum atomic E-state index is 12.2. The average Bonchev–Trinajstić information content (AvgIpc) is 3.53. The van der Waals surface area contributed by atoms with Gasteiger partial charge < -0.3 is 23.8 Å². The van der Waals surface area contributed by atoms with E-state index in [0.717, 1.165) is 44.0 Å². The number of benzene rings is 2. The molecule has 2 aliphatic rings. The molecule has 0 aromatic heterocycles. The Morgan fingerprint density at radius 1 is 0.938 bits per heavy atom. The lowest BCUT2D eigenvalue weighted by atomic mass is 10.1. The molecule has 2 aliphatic heterocycles. The fourth-order valence-electron chi connectivity index (χ4n) is 3.34. The standard InChI is InChI=1S/C22H24F3NO4.C2H6/c1-21(15-28-21)14-27-17-4-2-16(3-5-17)26-12-10-19(11-13-26)29-18-6-8-20(9-7-18)30-22(23,24)25;1-2/h2-9,19H,10-15H2,1H3;1-2H3/t21-;/m0./s1. The predicted octanol–water partition coefficient (Wildman–Crippen LogP) is 5.83. The molecule has 0 saturated carbocycles. The summed E-state index contributed by atoms with van der Waals surface area (Å²) in [5, 5.41) is 0. The lowest BCUT2D eigenvalue weighted by Gasteiger charge is -2.33. The Morgan fingerprint density at radius 2 is 1.47 bits per heavy atom. The molecule has 2 saturated heterocycles. The molecule has 5 nitrogen and oxygen atoms in total. The van der Waals surface area contributed by atoms with Crippen molar-refractivity contribution >= 4 is 5.69 Å². The molecule has 0 bridgehead atoms. The lowest BCUT2D eigenvalue weighted by molar-refractivity contribution is -0.274. The summed E-state index contributed by atoms with van der Waals surface area (Å²) in [6.07, 6.45) is -3.01. The van der Waals surface area contributed by atoms with E-state index in [2.05, 4.69) is 9.64 Å². The highest BCUT2D eigenvalue weighted by Crippen LogP contribution is 2.29. The van der Waals surface area contributed by atoms with E-state index in [0.29, 0.717) is 12.4 Å². The summed E-state index contributed by atoms with van der Waals surface area (Å²) in [5.41, 5.74) is 0.995. The number of anilines is 1. The molecule has 0 N–H and O–H groups in total. The van der Waals surface area contributed by atoms with Crippen molar-refractivity contribution in [3.05, 3.63) is 48.5 Å². The molecule has 2 aromatic carbocycles. The Labute approximate surface area is 187 Å². The SMILES string of the molecule is CC.C[C@]1(COc2ccc(N3CCC(Oc4ccc(OC(F)(F)F)cc4)CC3)cc2)CO1. The molecule has 2 aromatic rings. The highest BCUT2D eigenvalue weighted by Gasteiger charge is 2.40. The van der Waals surface area contributed by atoms with Crippen LogP contribution >= 0.6 is 0 Å². The third-order valence-corrected chi connectivity index (χ3v) is 5.19. The van der Waals surface area contributed by atoms with Gasteiger partial charge in [0.05, 0.1) is 6.61 Å². The third kappa shape index (κ3) is 7.22. The van der Waals surface area contributed by atoms with E-state index < -0.39 is 6.36 Å². The fraction of sp³-hybridized carbons (Fsp3) is 0.500. The zero-order valence-corrected chi connectivity index (χ0v) is 18.7. The van der Waals surface area contributed by atoms with Gasteiger partial charge in [0.25, 0.3) is 0 Å². The molecule has 0 aliphatic carbocycles. The van der Waals surface area contributed by atoms with E-state index in [1.54, 1.807) is 0 Å². The van der Waals surface area contributed by atoms with Gasteiger partial charge >= 0.3 is 6.36 Å². The topological polar surface area (TPSA) is 43.5 Å². The van der Waals surface area contributed by atoms with Crippen LogP contribution in [0.15, 0.2) is 48.5 Å². The maximum absolute atomic E-state index is 12.2. The minimum absolute atomic E-state index is 0.0255. The molecule has 0 amide bonds. The van der Waals surface area contributed by atoms with Crippen LogP contribution in [0.25, 0.3) is 0 Å². The van der Waals surface area contributed by atoms with Crippen LogP contribution in [0, 0.1) is 0 Å². The Morgan fingerprint density at radius 3 is 2.00 bits per heavy atom. The largest absolute Gasteiger partial charge is 0.573 e. The Balaban J connectivity index is 0.00000141. The summed E-state index contributed by atoms with van der Waals surface area (Å²) in [4.78, 5) is 2.29. The molecule has 2 fully saturated rings. The van der Waals surface area contributed by atoms with Gasteiger partial charge in [-0.1, -0.05) is 13.8 Å². The summed E-state index contributed by atoms with van der Waals surface area (Å²) in [6.45, 7) is 9.00. The van der Waals surface area contributed by atoms with Crippen LogP contribution in [0.4, 0.5) is 18.9 Å². The van der Waals surface area contributed by atoms with E-state index in [4.69, 9.17) is 14.2 Å². The zero-order chi connectivity index (χ0) is 23.2. The number of alkyl halides is 3. The van der Waals surface area contributed by atoms with Crippen LogP contribution < -0.4 is 19.1 Å². The second-order valence-corrected chi connectivity index (χ2v) is 7.84. The molecule has 8 heteroatoms. The second kappa shape index (κ2) is 10.3. The van der Waals surface area contributed by atoms with Gasteiger partial charge in [-0.15, -0.1) is 13.2 Å². The van der Waals surface area contributed by atoms with Crippen LogP contribution in [-0.4, -0.2) is 44.4 Å². The quantitative estimate of drug-likeness (QED) is 0.494. The van der Waals surface area contributed by atoms with Crippen molar-refractivity contribution in [2.75, 3.05) is 31.2 Å². The predicted molar refractivity (Wildman–Crippen MR) is 117 cm³/mol. The van der Waals surface area contributed by atoms with Crippen LogP contribution in [0.1, 0.15) is 33.6 Å². The van der Waals surface area contributed by atoms with Crippen molar-refractivity contribution in [2.24, 2.45) is 0 Å². The summed E-state index contributed by atoms with van der Waals surface area (Å²) < 4.78 is 57.6. The van der Waals surface area contributed by atoms with Gasteiger partial charge in [-0.2, -0.15) is 0 Å². The van der Waals surface area contributed by atoms with Crippen molar-refractivity contribution in [3.63, 3.8) is 0 Å². The van der Waals surface area contributed by atoms with E-state index in [-0.39, 0.29) is 17.5 Å². The first-order valence-corrected chi connectivity index (χ1v) is 10.9. The van der Waals surface area contributed by atoms with Crippen molar-refractivity contribution < 1.29 is 32.1 Å². The minimum atomic E-state index is -4.69. The Hall–Kier alpha value is -2.61. The molecule has 0 unspecified atom stereocenters. The van der Waals surface area contributed by atoms with Crippen molar-refractivity contribution in [3.8, 4) is 17.2 Å². The highest BCUT2D eigenvalue weighted by molar-refractivity contribution is 5.49. The number of halogens is 3. The van der Waals surface area contributed by atoms with Crippen molar-refractivity contribution in [1.82, 2.24) is 0 Å². The highest BCUT2D eigenvalue weighted by atomic mass is 19.4. The Bertz CT molecular complexity index is 828. The van der Waals surface area contributed by atoms with Crippen LogP contribution in [-0.2, 0) is 4.74 Å². The molecule has 32 heavy (non-hydrogen) atoms. The normalized spacial score (nSPS) is 20.8. The second-order valence-electron chi connectivity index (χ2n) is 7.84. The lowest BCUT2D eigenvalue weighted by Crippen LogP contribution is -2.38. The number of nitrogens with zero attached hydrogens (tertiary/aromatic N) is 1. The van der Waals surface area contributed by atoms with Gasteiger partial charge in [0.1, 0.15) is 35.6 Å². The summed E-state index contributed by atoms with van der Waals surface area (Å²) >= 11 is 0. The number of ether oxygens (including phenoxy) is 4. The molecule has 0 spiro atoms. The van der Waals surface area contributed by atoms with Gasteiger partial charge in [-0.3, -0.25) is 0 Å². The number of piperidine rings is 1. The first-order valence-electron chi connectivity index (χ1n) is 10.9. The average molecular weight is 454 g/mol. The first kappa shape index (κ1) is 24.0. The third-order valence-electron chi connectivity index (χ3n) is 5.19. The minimum Gasteiger partial charge on any atom is -0.491 e. The first-order chi connectivity index (χ1) is 15.3. The molecule has 1 atom stereocenters. The molecule has 176 valence electrons. The number of rotatable bonds is 7.